The fourth-order valence-corrected chi connectivity index (χ4v) is 28.5. The molecule has 1 atom stereocenters. The van der Waals surface area contributed by atoms with Gasteiger partial charge in [0, 0.05) is 4.90 Å². The third-order valence-corrected chi connectivity index (χ3v) is 22.0. The SMILES string of the molecule is C[Si](C)(C)NP(Sc1ccccc1)N([Si](C)(C)C)[Si](C)(C)C. The summed E-state index contributed by atoms with van der Waals surface area (Å²) in [6.45, 7) is 22.2. The lowest BCUT2D eigenvalue weighted by molar-refractivity contribution is 0.970. The van der Waals surface area contributed by atoms with Crippen molar-refractivity contribution >= 4 is 43.5 Å². The van der Waals surface area contributed by atoms with E-state index in [1.165, 1.54) is 4.90 Å². The Hall–Kier alpha value is 0.571. The van der Waals surface area contributed by atoms with Gasteiger partial charge in [0.1, 0.15) is 24.7 Å². The molecule has 1 rings (SSSR count). The van der Waals surface area contributed by atoms with E-state index < -0.39 is 24.7 Å². The van der Waals surface area contributed by atoms with Crippen LogP contribution >= 0.6 is 18.8 Å². The highest BCUT2D eigenvalue weighted by Gasteiger charge is 2.41. The van der Waals surface area contributed by atoms with E-state index in [9.17, 15) is 0 Å². The first kappa shape index (κ1) is 20.6. The average molecular weight is 389 g/mol. The highest BCUT2D eigenvalue weighted by molar-refractivity contribution is 8.55. The van der Waals surface area contributed by atoms with Crippen LogP contribution in [-0.4, -0.2) is 28.7 Å². The van der Waals surface area contributed by atoms with Crippen molar-refractivity contribution in [3.63, 3.8) is 0 Å². The maximum absolute atomic E-state index is 4.08. The van der Waals surface area contributed by atoms with Crippen LogP contribution in [-0.2, 0) is 0 Å². The summed E-state index contributed by atoms with van der Waals surface area (Å²) in [6, 6.07) is 10.9. The Morgan fingerprint density at radius 2 is 1.27 bits per heavy atom. The van der Waals surface area contributed by atoms with E-state index >= 15 is 0 Å². The van der Waals surface area contributed by atoms with Crippen molar-refractivity contribution in [2.24, 2.45) is 0 Å². The molecule has 0 aliphatic carbocycles. The Morgan fingerprint density at radius 3 is 1.64 bits per heavy atom. The van der Waals surface area contributed by atoms with Crippen LogP contribution in [0.2, 0.25) is 58.9 Å². The summed E-state index contributed by atoms with van der Waals surface area (Å²) >= 11 is 2.06. The van der Waals surface area contributed by atoms with Gasteiger partial charge in [-0.1, -0.05) is 88.5 Å². The number of benzene rings is 1. The van der Waals surface area contributed by atoms with Crippen LogP contribution in [0.3, 0.4) is 0 Å². The monoisotopic (exact) mass is 388 g/mol. The second-order valence-electron chi connectivity index (χ2n) is 8.69. The zero-order valence-electron chi connectivity index (χ0n) is 15.7. The molecule has 1 N–H and O–H groups in total. The number of rotatable bonds is 7. The number of hydrogen-bond donors (Lipinski definition) is 1. The van der Waals surface area contributed by atoms with Crippen LogP contribution in [0.5, 0.6) is 0 Å². The molecule has 2 nitrogen and oxygen atoms in total. The van der Waals surface area contributed by atoms with Gasteiger partial charge >= 0.3 is 0 Å². The molecule has 0 heterocycles. The molecule has 0 aromatic heterocycles. The predicted octanol–water partition coefficient (Wildman–Crippen LogP) is 6.40. The first-order valence-corrected chi connectivity index (χ1v) is 21.0. The van der Waals surface area contributed by atoms with E-state index in [2.05, 4.69) is 109 Å². The molecule has 7 heteroatoms. The molecule has 0 saturated carbocycles. The van der Waals surface area contributed by atoms with Crippen LogP contribution in [0, 0.1) is 0 Å². The van der Waals surface area contributed by atoms with E-state index in [-0.39, 0.29) is 7.42 Å². The zero-order valence-corrected chi connectivity index (χ0v) is 20.4. The molecular weight excluding hydrogens is 355 g/mol. The summed E-state index contributed by atoms with van der Waals surface area (Å²) in [5.74, 6) is 0. The molecule has 0 bridgehead atoms. The lowest BCUT2D eigenvalue weighted by Gasteiger charge is -2.49. The van der Waals surface area contributed by atoms with Gasteiger partial charge in [-0.15, -0.1) is 0 Å². The number of hydrogen-bond acceptors (Lipinski definition) is 3. The standard InChI is InChI=1S/C15H33N2PSSi3/c1-20(2,3)16-18(19-15-13-11-10-12-14-15)17(21(4,5)6)22(7,8)9/h10-14,16H,1-9H3. The van der Waals surface area contributed by atoms with Gasteiger partial charge < -0.3 is 4.00 Å². The Morgan fingerprint density at radius 1 is 0.818 bits per heavy atom. The Kier molecular flexibility index (Phi) is 7.16. The van der Waals surface area contributed by atoms with Crippen LogP contribution in [0.25, 0.3) is 0 Å². The van der Waals surface area contributed by atoms with Crippen molar-refractivity contribution in [3.05, 3.63) is 30.3 Å². The van der Waals surface area contributed by atoms with Crippen LogP contribution in [0.15, 0.2) is 35.2 Å². The molecule has 0 fully saturated rings. The fraction of sp³-hybridized carbons (Fsp3) is 0.600. The van der Waals surface area contributed by atoms with Crippen LogP contribution in [0.1, 0.15) is 0 Å². The van der Waals surface area contributed by atoms with Gasteiger partial charge in [-0.25, -0.2) is 0 Å². The van der Waals surface area contributed by atoms with E-state index in [4.69, 9.17) is 0 Å². The Labute approximate surface area is 146 Å². The molecule has 22 heavy (non-hydrogen) atoms. The summed E-state index contributed by atoms with van der Waals surface area (Å²) in [6.07, 6.45) is 0. The highest BCUT2D eigenvalue weighted by Crippen LogP contribution is 2.58. The molecule has 0 spiro atoms. The molecule has 1 aromatic rings. The van der Waals surface area contributed by atoms with Crippen molar-refractivity contribution in [1.82, 2.24) is 8.75 Å². The van der Waals surface area contributed by atoms with Crippen LogP contribution < -0.4 is 4.75 Å². The zero-order chi connectivity index (χ0) is 17.2. The average Bonchev–Trinajstić information content (AvgIpc) is 2.23. The number of nitrogens with one attached hydrogen (secondary N) is 1. The molecule has 0 saturated heterocycles. The minimum Gasteiger partial charge on any atom is -0.304 e. The smallest absolute Gasteiger partial charge is 0.122 e. The normalized spacial score (nSPS) is 15.2. The maximum Gasteiger partial charge on any atom is 0.122 e. The first-order valence-electron chi connectivity index (χ1n) is 7.92. The van der Waals surface area contributed by atoms with Crippen molar-refractivity contribution in [1.29, 1.82) is 0 Å². The van der Waals surface area contributed by atoms with Crippen molar-refractivity contribution in [2.45, 2.75) is 63.8 Å². The molecule has 1 aromatic carbocycles. The van der Waals surface area contributed by atoms with Gasteiger partial charge in [0.15, 0.2) is 0 Å². The van der Waals surface area contributed by atoms with Crippen LogP contribution in [0.4, 0.5) is 0 Å². The molecule has 1 unspecified atom stereocenters. The lowest BCUT2D eigenvalue weighted by atomic mass is 10.4. The molecule has 0 radical (unpaired) electrons. The third kappa shape index (κ3) is 6.99. The van der Waals surface area contributed by atoms with Gasteiger partial charge in [-0.3, -0.25) is 4.75 Å². The van der Waals surface area contributed by atoms with Gasteiger partial charge in [0.2, 0.25) is 0 Å². The van der Waals surface area contributed by atoms with Gasteiger partial charge in [0.25, 0.3) is 0 Å². The summed E-state index contributed by atoms with van der Waals surface area (Å²) in [7, 11) is -4.47. The number of nitrogens with zero attached hydrogens (tertiary/aromatic N) is 1. The maximum atomic E-state index is 4.08. The topological polar surface area (TPSA) is 15.3 Å². The molecule has 0 aliphatic rings. The molecule has 0 amide bonds. The van der Waals surface area contributed by atoms with E-state index in [1.807, 2.05) is 0 Å². The minimum atomic E-state index is -1.38. The van der Waals surface area contributed by atoms with Gasteiger partial charge in [-0.2, -0.15) is 0 Å². The quantitative estimate of drug-likeness (QED) is 0.429. The minimum absolute atomic E-state index is 0.379. The van der Waals surface area contributed by atoms with Crippen molar-refractivity contribution in [3.8, 4) is 0 Å². The molecule has 126 valence electrons. The van der Waals surface area contributed by atoms with E-state index in [1.54, 1.807) is 0 Å². The van der Waals surface area contributed by atoms with Gasteiger partial charge in [-0.05, 0) is 12.1 Å². The van der Waals surface area contributed by atoms with Crippen molar-refractivity contribution < 1.29 is 0 Å². The first-order chi connectivity index (χ1) is 9.81. The summed E-state index contributed by atoms with van der Waals surface area (Å²) in [5, 5.41) is 0. The highest BCUT2D eigenvalue weighted by atomic mass is 32.7. The van der Waals surface area contributed by atoms with Crippen molar-refractivity contribution in [2.75, 3.05) is 0 Å². The second kappa shape index (κ2) is 7.64. The Bertz CT molecular complexity index is 452. The molecular formula is C15H33N2PSSi3. The Balaban J connectivity index is 3.17. The van der Waals surface area contributed by atoms with Gasteiger partial charge in [0.05, 0.1) is 7.42 Å². The fourth-order valence-electron chi connectivity index (χ4n) is 2.53. The van der Waals surface area contributed by atoms with E-state index in [0.29, 0.717) is 0 Å². The summed E-state index contributed by atoms with van der Waals surface area (Å²) in [5.41, 5.74) is 0. The summed E-state index contributed by atoms with van der Waals surface area (Å²) < 4.78 is 7.03. The predicted molar refractivity (Wildman–Crippen MR) is 114 cm³/mol. The second-order valence-corrected chi connectivity index (χ2v) is 28.0. The summed E-state index contributed by atoms with van der Waals surface area (Å²) in [4.78, 5) is 1.39. The third-order valence-electron chi connectivity index (χ3n) is 2.82. The largest absolute Gasteiger partial charge is 0.304 e. The molecule has 0 aliphatic heterocycles. The van der Waals surface area contributed by atoms with E-state index in [0.717, 1.165) is 0 Å². The lowest BCUT2D eigenvalue weighted by Crippen LogP contribution is -2.58.